The summed E-state index contributed by atoms with van der Waals surface area (Å²) in [7, 11) is 1.76. The van der Waals surface area contributed by atoms with E-state index in [4.69, 9.17) is 4.74 Å². The number of rotatable bonds is 6. The smallest absolute Gasteiger partial charge is 0.241 e. The van der Waals surface area contributed by atoms with Gasteiger partial charge in [0.15, 0.2) is 0 Å². The molecular formula is C13H22N2O3S. The molecule has 0 aliphatic rings. The normalized spacial score (nSPS) is 12.7. The zero-order chi connectivity index (χ0) is 14.7. The van der Waals surface area contributed by atoms with E-state index in [0.717, 1.165) is 0 Å². The predicted octanol–water partition coefficient (Wildman–Crippen LogP) is 1.31. The maximum absolute atomic E-state index is 12.3. The number of nitrogens with zero attached hydrogens (tertiary/aromatic N) is 1. The van der Waals surface area contributed by atoms with Crippen LogP contribution in [-0.4, -0.2) is 46.6 Å². The third kappa shape index (κ3) is 4.81. The molecule has 0 amide bonds. The molecule has 0 saturated carbocycles. The van der Waals surface area contributed by atoms with Crippen LogP contribution in [0.2, 0.25) is 0 Å². The van der Waals surface area contributed by atoms with Crippen molar-refractivity contribution in [1.82, 2.24) is 9.62 Å². The Morgan fingerprint density at radius 2 is 1.95 bits per heavy atom. The van der Waals surface area contributed by atoms with Gasteiger partial charge in [-0.15, -0.1) is 0 Å². The molecular weight excluding hydrogens is 264 g/mol. The van der Waals surface area contributed by atoms with E-state index in [1.807, 2.05) is 32.8 Å². The first-order chi connectivity index (χ1) is 8.66. The number of hydrogen-bond donors (Lipinski definition) is 1. The van der Waals surface area contributed by atoms with Gasteiger partial charge >= 0.3 is 0 Å². The summed E-state index contributed by atoms with van der Waals surface area (Å²) in [5.41, 5.74) is -0.550. The first-order valence-corrected chi connectivity index (χ1v) is 7.47. The molecule has 0 fully saturated rings. The van der Waals surface area contributed by atoms with Gasteiger partial charge in [-0.25, -0.2) is 13.1 Å². The highest BCUT2D eigenvalue weighted by Gasteiger charge is 2.26. The second kappa shape index (κ2) is 5.90. The van der Waals surface area contributed by atoms with Crippen molar-refractivity contribution in [3.63, 3.8) is 0 Å². The molecule has 1 rings (SSSR count). The van der Waals surface area contributed by atoms with Gasteiger partial charge in [0, 0.05) is 18.2 Å². The van der Waals surface area contributed by atoms with Gasteiger partial charge in [-0.1, -0.05) is 6.07 Å². The molecule has 19 heavy (non-hydrogen) atoms. The van der Waals surface area contributed by atoms with Crippen molar-refractivity contribution in [2.24, 2.45) is 0 Å². The van der Waals surface area contributed by atoms with Crippen molar-refractivity contribution >= 4 is 10.0 Å². The molecule has 0 aliphatic carbocycles. The maximum Gasteiger partial charge on any atom is 0.241 e. The second-order valence-electron chi connectivity index (χ2n) is 5.41. The summed E-state index contributed by atoms with van der Waals surface area (Å²) in [5.74, 6) is 0.522. The third-order valence-electron chi connectivity index (χ3n) is 2.47. The molecule has 0 radical (unpaired) electrons. The SMILES string of the molecule is COc1cccc(S(=O)(=O)NC(C)(C)CN(C)C)c1. The Morgan fingerprint density at radius 1 is 1.32 bits per heavy atom. The van der Waals surface area contributed by atoms with Crippen LogP contribution in [0.1, 0.15) is 13.8 Å². The lowest BCUT2D eigenvalue weighted by Crippen LogP contribution is -2.49. The van der Waals surface area contributed by atoms with Crippen LogP contribution in [-0.2, 0) is 10.0 Å². The minimum Gasteiger partial charge on any atom is -0.497 e. The zero-order valence-electron chi connectivity index (χ0n) is 12.1. The van der Waals surface area contributed by atoms with Crippen LogP contribution in [0.3, 0.4) is 0 Å². The summed E-state index contributed by atoms with van der Waals surface area (Å²) >= 11 is 0. The van der Waals surface area contributed by atoms with E-state index in [1.54, 1.807) is 18.2 Å². The summed E-state index contributed by atoms with van der Waals surface area (Å²) in [6.45, 7) is 4.31. The van der Waals surface area contributed by atoms with Crippen molar-refractivity contribution in [1.29, 1.82) is 0 Å². The molecule has 0 atom stereocenters. The molecule has 0 unspecified atom stereocenters. The number of nitrogens with one attached hydrogen (secondary N) is 1. The average Bonchev–Trinajstić information content (AvgIpc) is 2.25. The van der Waals surface area contributed by atoms with E-state index in [0.29, 0.717) is 12.3 Å². The Balaban J connectivity index is 2.97. The van der Waals surface area contributed by atoms with Crippen LogP contribution in [0.25, 0.3) is 0 Å². The monoisotopic (exact) mass is 286 g/mol. The van der Waals surface area contributed by atoms with Crippen LogP contribution in [0, 0.1) is 0 Å². The van der Waals surface area contributed by atoms with E-state index in [1.165, 1.54) is 13.2 Å². The summed E-state index contributed by atoms with van der Waals surface area (Å²) in [6, 6.07) is 6.43. The molecule has 0 aliphatic heterocycles. The van der Waals surface area contributed by atoms with Crippen molar-refractivity contribution in [3.8, 4) is 5.75 Å². The lowest BCUT2D eigenvalue weighted by atomic mass is 10.1. The Hall–Kier alpha value is -1.11. The van der Waals surface area contributed by atoms with E-state index in [-0.39, 0.29) is 4.90 Å². The second-order valence-corrected chi connectivity index (χ2v) is 7.09. The fraction of sp³-hybridized carbons (Fsp3) is 0.538. The number of hydrogen-bond acceptors (Lipinski definition) is 4. The first-order valence-electron chi connectivity index (χ1n) is 5.99. The van der Waals surface area contributed by atoms with Gasteiger partial charge in [0.2, 0.25) is 10.0 Å². The Kier molecular flexibility index (Phi) is 4.95. The first kappa shape index (κ1) is 15.9. The van der Waals surface area contributed by atoms with Crippen LogP contribution >= 0.6 is 0 Å². The Bertz CT molecular complexity index is 524. The van der Waals surface area contributed by atoms with Crippen molar-refractivity contribution < 1.29 is 13.2 Å². The molecule has 0 saturated heterocycles. The number of ether oxygens (including phenoxy) is 1. The number of sulfonamides is 1. The quantitative estimate of drug-likeness (QED) is 0.857. The van der Waals surface area contributed by atoms with Crippen molar-refractivity contribution in [2.75, 3.05) is 27.7 Å². The van der Waals surface area contributed by atoms with E-state index < -0.39 is 15.6 Å². The number of likely N-dealkylation sites (N-methyl/N-ethyl adjacent to an activating group) is 1. The molecule has 0 heterocycles. The third-order valence-corrected chi connectivity index (χ3v) is 4.17. The Morgan fingerprint density at radius 3 is 2.47 bits per heavy atom. The van der Waals surface area contributed by atoms with Crippen LogP contribution in [0.4, 0.5) is 0 Å². The fourth-order valence-corrected chi connectivity index (χ4v) is 3.45. The van der Waals surface area contributed by atoms with Gasteiger partial charge < -0.3 is 9.64 Å². The van der Waals surface area contributed by atoms with Gasteiger partial charge in [-0.05, 0) is 40.1 Å². The highest BCUT2D eigenvalue weighted by atomic mass is 32.2. The molecule has 0 aromatic heterocycles. The van der Waals surface area contributed by atoms with Gasteiger partial charge in [-0.2, -0.15) is 0 Å². The Labute approximate surface area is 115 Å². The molecule has 5 nitrogen and oxygen atoms in total. The minimum absolute atomic E-state index is 0.207. The van der Waals surface area contributed by atoms with Gasteiger partial charge in [0.1, 0.15) is 5.75 Å². The van der Waals surface area contributed by atoms with Crippen molar-refractivity contribution in [3.05, 3.63) is 24.3 Å². The lowest BCUT2D eigenvalue weighted by Gasteiger charge is -2.29. The summed E-state index contributed by atoms with van der Waals surface area (Å²) in [6.07, 6.45) is 0. The van der Waals surface area contributed by atoms with Gasteiger partial charge in [0.05, 0.1) is 12.0 Å². The largest absolute Gasteiger partial charge is 0.497 e. The summed E-state index contributed by atoms with van der Waals surface area (Å²) < 4.78 is 32.4. The van der Waals surface area contributed by atoms with Crippen LogP contribution in [0.15, 0.2) is 29.2 Å². The summed E-state index contributed by atoms with van der Waals surface area (Å²) in [4.78, 5) is 2.15. The van der Waals surface area contributed by atoms with Crippen molar-refractivity contribution in [2.45, 2.75) is 24.3 Å². The molecule has 0 spiro atoms. The highest BCUT2D eigenvalue weighted by Crippen LogP contribution is 2.18. The molecule has 1 N–H and O–H groups in total. The van der Waals surface area contributed by atoms with E-state index in [2.05, 4.69) is 4.72 Å². The van der Waals surface area contributed by atoms with E-state index in [9.17, 15) is 8.42 Å². The highest BCUT2D eigenvalue weighted by molar-refractivity contribution is 7.89. The molecule has 1 aromatic rings. The number of benzene rings is 1. The summed E-state index contributed by atoms with van der Waals surface area (Å²) in [5, 5.41) is 0. The average molecular weight is 286 g/mol. The molecule has 108 valence electrons. The molecule has 1 aromatic carbocycles. The van der Waals surface area contributed by atoms with E-state index >= 15 is 0 Å². The van der Waals surface area contributed by atoms with Gasteiger partial charge in [0.25, 0.3) is 0 Å². The fourth-order valence-electron chi connectivity index (χ4n) is 2.01. The zero-order valence-corrected chi connectivity index (χ0v) is 12.9. The predicted molar refractivity (Wildman–Crippen MR) is 75.9 cm³/mol. The van der Waals surface area contributed by atoms with Crippen LogP contribution in [0.5, 0.6) is 5.75 Å². The lowest BCUT2D eigenvalue weighted by molar-refractivity contribution is 0.298. The molecule has 6 heteroatoms. The maximum atomic E-state index is 12.3. The minimum atomic E-state index is -3.55. The number of methoxy groups -OCH3 is 1. The molecule has 0 bridgehead atoms. The van der Waals surface area contributed by atoms with Gasteiger partial charge in [-0.3, -0.25) is 0 Å². The standard InChI is InChI=1S/C13H22N2O3S/c1-13(2,10-15(3)4)14-19(16,17)12-8-6-7-11(9-12)18-5/h6-9,14H,10H2,1-5H3. The topological polar surface area (TPSA) is 58.6 Å². The van der Waals surface area contributed by atoms with Crippen LogP contribution < -0.4 is 9.46 Å².